The van der Waals surface area contributed by atoms with Crippen LogP contribution >= 0.6 is 0 Å². The fraction of sp³-hybridized carbons (Fsp3) is 0.875. The van der Waals surface area contributed by atoms with Crippen LogP contribution in [0.2, 0.25) is 0 Å². The Kier molecular flexibility index (Phi) is 4.13. The minimum absolute atomic E-state index is 0.0346. The first-order chi connectivity index (χ1) is 10.4. The van der Waals surface area contributed by atoms with E-state index in [1.807, 2.05) is 6.07 Å². The van der Waals surface area contributed by atoms with Crippen molar-refractivity contribution in [3.63, 3.8) is 0 Å². The number of alkyl halides is 1. The topological polar surface area (TPSA) is 76.4 Å². The fourth-order valence-corrected chi connectivity index (χ4v) is 4.64. The molecule has 1 amide bonds. The second kappa shape index (κ2) is 5.78. The van der Waals surface area contributed by atoms with Crippen molar-refractivity contribution in [3.8, 4) is 6.07 Å². The quantitative estimate of drug-likeness (QED) is 0.815. The van der Waals surface area contributed by atoms with E-state index in [0.717, 1.165) is 25.7 Å². The summed E-state index contributed by atoms with van der Waals surface area (Å²) >= 11 is 0. The number of nitriles is 1. The number of carbonyl (C=O) groups is 1. The molecule has 122 valence electrons. The van der Waals surface area contributed by atoms with Crippen LogP contribution < -0.4 is 5.32 Å². The number of hydrogen-bond acceptors (Lipinski definition) is 4. The summed E-state index contributed by atoms with van der Waals surface area (Å²) in [4.78, 5) is 13.6. The van der Waals surface area contributed by atoms with E-state index in [4.69, 9.17) is 5.26 Å². The van der Waals surface area contributed by atoms with Crippen molar-refractivity contribution < 1.29 is 14.3 Å². The summed E-state index contributed by atoms with van der Waals surface area (Å²) in [6, 6.07) is 1.38. The number of aliphatic hydroxyl groups is 1. The van der Waals surface area contributed by atoms with Crippen LogP contribution in [0.15, 0.2) is 0 Å². The highest BCUT2D eigenvalue weighted by Gasteiger charge is 2.47. The zero-order chi connectivity index (χ0) is 15.9. The van der Waals surface area contributed by atoms with Gasteiger partial charge in [0.1, 0.15) is 12.2 Å². The number of amides is 1. The Bertz CT molecular complexity index is 478. The molecule has 6 heteroatoms. The van der Waals surface area contributed by atoms with Crippen molar-refractivity contribution in [1.82, 2.24) is 10.2 Å². The summed E-state index contributed by atoms with van der Waals surface area (Å²) in [6.07, 6.45) is 2.54. The summed E-state index contributed by atoms with van der Waals surface area (Å²) in [5.41, 5.74) is -0.0951. The highest BCUT2D eigenvalue weighted by atomic mass is 19.1. The van der Waals surface area contributed by atoms with Gasteiger partial charge >= 0.3 is 0 Å². The van der Waals surface area contributed by atoms with Gasteiger partial charge in [-0.15, -0.1) is 0 Å². The van der Waals surface area contributed by atoms with Crippen molar-refractivity contribution >= 4 is 5.91 Å². The highest BCUT2D eigenvalue weighted by molar-refractivity contribution is 5.79. The Morgan fingerprint density at radius 3 is 2.64 bits per heavy atom. The van der Waals surface area contributed by atoms with Crippen molar-refractivity contribution in [3.05, 3.63) is 0 Å². The lowest BCUT2D eigenvalue weighted by atomic mass is 9.96. The number of halogens is 1. The third kappa shape index (κ3) is 2.97. The zero-order valence-electron chi connectivity index (χ0n) is 13.0. The molecule has 2 aliphatic carbocycles. The molecule has 0 aromatic carbocycles. The molecule has 3 rings (SSSR count). The van der Waals surface area contributed by atoms with Crippen molar-refractivity contribution in [2.45, 2.75) is 62.9 Å². The van der Waals surface area contributed by atoms with Crippen LogP contribution in [0, 0.1) is 23.2 Å². The van der Waals surface area contributed by atoms with E-state index in [2.05, 4.69) is 12.2 Å². The molecule has 2 N–H and O–H groups in total. The van der Waals surface area contributed by atoms with Crippen LogP contribution in [0.25, 0.3) is 0 Å². The summed E-state index contributed by atoms with van der Waals surface area (Å²) in [7, 11) is 0. The van der Waals surface area contributed by atoms with Gasteiger partial charge in [-0.25, -0.2) is 4.39 Å². The van der Waals surface area contributed by atoms with E-state index >= 15 is 0 Å². The Morgan fingerprint density at radius 2 is 2.05 bits per heavy atom. The number of nitrogens with one attached hydrogen (secondary N) is 1. The summed E-state index contributed by atoms with van der Waals surface area (Å²) in [5.74, 6) is 0.887. The van der Waals surface area contributed by atoms with Gasteiger partial charge in [0, 0.05) is 12.0 Å². The maximum Gasteiger partial charge on any atom is 0.237 e. The van der Waals surface area contributed by atoms with Crippen LogP contribution in [0.4, 0.5) is 4.39 Å². The van der Waals surface area contributed by atoms with Crippen LogP contribution in [-0.2, 0) is 4.79 Å². The van der Waals surface area contributed by atoms with Gasteiger partial charge in [0.15, 0.2) is 0 Å². The average molecular weight is 309 g/mol. The smallest absolute Gasteiger partial charge is 0.237 e. The highest BCUT2D eigenvalue weighted by Crippen LogP contribution is 2.48. The zero-order valence-corrected chi connectivity index (χ0v) is 13.0. The van der Waals surface area contributed by atoms with Crippen LogP contribution in [-0.4, -0.2) is 52.9 Å². The molecule has 5 nitrogen and oxygen atoms in total. The van der Waals surface area contributed by atoms with Crippen molar-refractivity contribution in [2.24, 2.45) is 11.8 Å². The molecule has 1 saturated heterocycles. The molecule has 1 heterocycles. The molecule has 0 spiro atoms. The van der Waals surface area contributed by atoms with Crippen LogP contribution in [0.1, 0.15) is 39.0 Å². The molecule has 22 heavy (non-hydrogen) atoms. The fourth-order valence-electron chi connectivity index (χ4n) is 4.64. The number of rotatable bonds is 3. The maximum atomic E-state index is 13.4. The lowest BCUT2D eigenvalue weighted by molar-refractivity contribution is -0.130. The molecular formula is C16H24FN3O2. The Morgan fingerprint density at radius 1 is 1.41 bits per heavy atom. The normalized spacial score (nSPS) is 44.1. The van der Waals surface area contributed by atoms with Gasteiger partial charge < -0.3 is 15.3 Å². The van der Waals surface area contributed by atoms with E-state index in [0.29, 0.717) is 11.8 Å². The second-order valence-corrected chi connectivity index (χ2v) is 7.49. The standard InChI is InChI=1S/C16H24FN3O2/c1-16(5-10-2-14(21)3-11(10)6-16)19-8-15(22)20-9-12(17)4-13(20)7-18/h10-14,19,21H,2-6,8-9H2,1H3/t10-,11+,12-,13-,14-,16?/m0/s1. The molecule has 0 aromatic rings. The largest absolute Gasteiger partial charge is 0.393 e. The molecule has 1 aliphatic heterocycles. The van der Waals surface area contributed by atoms with E-state index in [-0.39, 0.29) is 37.1 Å². The van der Waals surface area contributed by atoms with Gasteiger partial charge in [0.2, 0.25) is 5.91 Å². The molecular weight excluding hydrogens is 285 g/mol. The van der Waals surface area contributed by atoms with E-state index in [1.165, 1.54) is 4.90 Å². The van der Waals surface area contributed by atoms with Gasteiger partial charge in [-0.2, -0.15) is 5.26 Å². The Balaban J connectivity index is 1.53. The minimum atomic E-state index is -1.09. The minimum Gasteiger partial charge on any atom is -0.393 e. The first-order valence-electron chi connectivity index (χ1n) is 8.16. The van der Waals surface area contributed by atoms with Crippen LogP contribution in [0.5, 0.6) is 0 Å². The maximum absolute atomic E-state index is 13.4. The number of hydrogen-bond donors (Lipinski definition) is 2. The number of fused-ring (bicyclic) bond motifs is 1. The second-order valence-electron chi connectivity index (χ2n) is 7.49. The monoisotopic (exact) mass is 309 g/mol. The SMILES string of the molecule is CC1(NCC(=O)N2C[C@@H](F)C[C@H]2C#N)C[C@H]2C[C@@H](O)C[C@H]2C1. The molecule has 3 aliphatic rings. The van der Waals surface area contributed by atoms with Gasteiger partial charge in [-0.05, 0) is 44.4 Å². The van der Waals surface area contributed by atoms with Gasteiger partial charge in [0.25, 0.3) is 0 Å². The Labute approximate surface area is 130 Å². The molecule has 0 aromatic heterocycles. The predicted octanol–water partition coefficient (Wildman–Crippen LogP) is 0.978. The van der Waals surface area contributed by atoms with Crippen molar-refractivity contribution in [1.29, 1.82) is 5.26 Å². The average Bonchev–Trinajstić information content (AvgIpc) is 3.07. The van der Waals surface area contributed by atoms with E-state index in [1.54, 1.807) is 0 Å². The lowest BCUT2D eigenvalue weighted by Gasteiger charge is -2.29. The molecule has 3 fully saturated rings. The molecule has 0 bridgehead atoms. The van der Waals surface area contributed by atoms with Gasteiger partial charge in [0.05, 0.1) is 25.3 Å². The third-order valence-corrected chi connectivity index (χ3v) is 5.63. The summed E-state index contributed by atoms with van der Waals surface area (Å²) in [6.45, 7) is 2.31. The number of carbonyl (C=O) groups excluding carboxylic acids is 1. The Hall–Kier alpha value is -1.19. The van der Waals surface area contributed by atoms with E-state index in [9.17, 15) is 14.3 Å². The van der Waals surface area contributed by atoms with Gasteiger partial charge in [-0.1, -0.05) is 0 Å². The van der Waals surface area contributed by atoms with E-state index < -0.39 is 12.2 Å². The first kappa shape index (κ1) is 15.7. The molecule has 0 radical (unpaired) electrons. The lowest BCUT2D eigenvalue weighted by Crippen LogP contribution is -2.48. The predicted molar refractivity (Wildman–Crippen MR) is 78.5 cm³/mol. The van der Waals surface area contributed by atoms with Crippen LogP contribution in [0.3, 0.4) is 0 Å². The summed E-state index contributed by atoms with van der Waals surface area (Å²) < 4.78 is 13.4. The summed E-state index contributed by atoms with van der Waals surface area (Å²) in [5, 5.41) is 22.0. The van der Waals surface area contributed by atoms with Gasteiger partial charge in [-0.3, -0.25) is 4.79 Å². The molecule has 2 saturated carbocycles. The number of nitrogens with zero attached hydrogens (tertiary/aromatic N) is 2. The molecule has 1 unspecified atom stereocenters. The molecule has 6 atom stereocenters. The number of aliphatic hydroxyl groups excluding tert-OH is 1. The third-order valence-electron chi connectivity index (χ3n) is 5.63. The first-order valence-corrected chi connectivity index (χ1v) is 8.16. The number of likely N-dealkylation sites (tertiary alicyclic amines) is 1. The van der Waals surface area contributed by atoms with Crippen molar-refractivity contribution in [2.75, 3.05) is 13.1 Å².